The van der Waals surface area contributed by atoms with Crippen LogP contribution in [-0.4, -0.2) is 16.6 Å². The molecule has 2 aromatic carbocycles. The van der Waals surface area contributed by atoms with Gasteiger partial charge in [0.15, 0.2) is 0 Å². The van der Waals surface area contributed by atoms with E-state index in [4.69, 9.17) is 0 Å². The quantitative estimate of drug-likeness (QED) is 0.613. The molecular weight excluding hydrogens is 330 g/mol. The molecule has 0 aliphatic carbocycles. The van der Waals surface area contributed by atoms with E-state index in [0.717, 1.165) is 16.5 Å². The molecule has 3 nitrogen and oxygen atoms in total. The highest BCUT2D eigenvalue weighted by Crippen LogP contribution is 2.31. The van der Waals surface area contributed by atoms with Crippen molar-refractivity contribution >= 4 is 34.3 Å². The summed E-state index contributed by atoms with van der Waals surface area (Å²) in [4.78, 5) is 15.7. The fourth-order valence-electron chi connectivity index (χ4n) is 2.57. The van der Waals surface area contributed by atoms with Gasteiger partial charge >= 0.3 is 0 Å². The zero-order valence-electron chi connectivity index (χ0n) is 12.8. The number of para-hydroxylation sites is 2. The number of aromatic nitrogens is 1. The number of amides is 1. The van der Waals surface area contributed by atoms with Crippen LogP contribution in [0, 0.1) is 0 Å². The molecule has 0 spiro atoms. The molecule has 0 radical (unpaired) electrons. The van der Waals surface area contributed by atoms with E-state index in [9.17, 15) is 13.6 Å². The lowest BCUT2D eigenvalue weighted by Gasteiger charge is -2.10. The number of H-pyrrole nitrogens is 1. The third-order valence-corrected chi connectivity index (χ3v) is 4.46. The molecule has 0 fully saturated rings. The number of nitrogens with one attached hydrogen (secondary N) is 2. The van der Waals surface area contributed by atoms with Crippen LogP contribution in [-0.2, 0) is 11.2 Å². The number of halogens is 2. The third kappa shape index (κ3) is 3.94. The van der Waals surface area contributed by atoms with Gasteiger partial charge < -0.3 is 10.3 Å². The fourth-order valence-corrected chi connectivity index (χ4v) is 3.16. The summed E-state index contributed by atoms with van der Waals surface area (Å²) in [7, 11) is 0. The zero-order valence-corrected chi connectivity index (χ0v) is 13.6. The molecule has 0 aliphatic rings. The van der Waals surface area contributed by atoms with Crippen LogP contribution in [0.3, 0.4) is 0 Å². The van der Waals surface area contributed by atoms with Gasteiger partial charge in [0.1, 0.15) is 0 Å². The Morgan fingerprint density at radius 3 is 2.71 bits per heavy atom. The van der Waals surface area contributed by atoms with Gasteiger partial charge in [-0.3, -0.25) is 4.79 Å². The van der Waals surface area contributed by atoms with Gasteiger partial charge in [-0.05, 0) is 30.2 Å². The summed E-state index contributed by atoms with van der Waals surface area (Å²) in [5.74, 6) is -2.71. The van der Waals surface area contributed by atoms with Crippen LogP contribution in [0.4, 0.5) is 14.5 Å². The Bertz CT molecular complexity index is 848. The molecular formula is C18H16F2N2OS. The van der Waals surface area contributed by atoms with Gasteiger partial charge in [-0.25, -0.2) is 0 Å². The minimum atomic E-state index is -2.52. The number of rotatable bonds is 6. The van der Waals surface area contributed by atoms with Crippen LogP contribution in [0.1, 0.15) is 12.0 Å². The van der Waals surface area contributed by atoms with Gasteiger partial charge in [0.05, 0.1) is 5.69 Å². The summed E-state index contributed by atoms with van der Waals surface area (Å²) in [6, 6.07) is 14.5. The monoisotopic (exact) mass is 346 g/mol. The van der Waals surface area contributed by atoms with E-state index in [1.807, 2.05) is 30.5 Å². The molecule has 1 amide bonds. The lowest BCUT2D eigenvalue weighted by Crippen LogP contribution is -2.13. The van der Waals surface area contributed by atoms with Crippen molar-refractivity contribution in [2.45, 2.75) is 23.5 Å². The first-order valence-electron chi connectivity index (χ1n) is 7.52. The summed E-state index contributed by atoms with van der Waals surface area (Å²) in [6.45, 7) is 0. The topological polar surface area (TPSA) is 44.9 Å². The third-order valence-electron chi connectivity index (χ3n) is 3.67. The van der Waals surface area contributed by atoms with Crippen LogP contribution in [0.15, 0.2) is 59.6 Å². The number of hydrogen-bond donors (Lipinski definition) is 2. The van der Waals surface area contributed by atoms with Crippen LogP contribution >= 0.6 is 11.8 Å². The van der Waals surface area contributed by atoms with E-state index in [-0.39, 0.29) is 12.3 Å². The van der Waals surface area contributed by atoms with E-state index < -0.39 is 5.76 Å². The number of carbonyl (C=O) groups is 1. The molecule has 124 valence electrons. The smallest absolute Gasteiger partial charge is 0.288 e. The zero-order chi connectivity index (χ0) is 16.9. The molecule has 1 aromatic heterocycles. The standard InChI is InChI=1S/C18H16F2N2OS/c19-18(20)24-16-8-4-3-7-15(16)22-17(23)10-9-12-11-21-14-6-2-1-5-13(12)14/h1-8,11,18,21H,9-10H2,(H,22,23). The van der Waals surface area contributed by atoms with Crippen LogP contribution < -0.4 is 5.32 Å². The normalized spacial score (nSPS) is 11.1. The largest absolute Gasteiger partial charge is 0.361 e. The maximum atomic E-state index is 12.6. The van der Waals surface area contributed by atoms with Crippen molar-refractivity contribution in [3.05, 3.63) is 60.3 Å². The van der Waals surface area contributed by atoms with E-state index in [0.29, 0.717) is 28.8 Å². The van der Waals surface area contributed by atoms with Gasteiger partial charge in [-0.1, -0.05) is 42.1 Å². The molecule has 0 aliphatic heterocycles. The van der Waals surface area contributed by atoms with Gasteiger partial charge in [0.25, 0.3) is 5.76 Å². The van der Waals surface area contributed by atoms with Crippen molar-refractivity contribution in [2.24, 2.45) is 0 Å². The van der Waals surface area contributed by atoms with Gasteiger partial charge in [0, 0.05) is 28.4 Å². The molecule has 0 saturated heterocycles. The number of fused-ring (bicyclic) bond motifs is 1. The lowest BCUT2D eigenvalue weighted by molar-refractivity contribution is -0.116. The SMILES string of the molecule is O=C(CCc1c[nH]c2ccccc12)Nc1ccccc1SC(F)F. The van der Waals surface area contributed by atoms with Crippen LogP contribution in [0.5, 0.6) is 0 Å². The molecule has 3 aromatic rings. The fraction of sp³-hybridized carbons (Fsp3) is 0.167. The van der Waals surface area contributed by atoms with E-state index >= 15 is 0 Å². The number of thioether (sulfide) groups is 1. The molecule has 3 rings (SSSR count). The second kappa shape index (κ2) is 7.49. The number of alkyl halides is 2. The van der Waals surface area contributed by atoms with Crippen molar-refractivity contribution in [1.82, 2.24) is 4.98 Å². The van der Waals surface area contributed by atoms with Gasteiger partial charge in [-0.15, -0.1) is 0 Å². The minimum absolute atomic E-state index is 0.192. The Labute approximate surface area is 142 Å². The Morgan fingerprint density at radius 1 is 1.12 bits per heavy atom. The van der Waals surface area contributed by atoms with Crippen molar-refractivity contribution in [3.63, 3.8) is 0 Å². The van der Waals surface area contributed by atoms with Gasteiger partial charge in [0.2, 0.25) is 5.91 Å². The average molecular weight is 346 g/mol. The average Bonchev–Trinajstić information content (AvgIpc) is 2.98. The van der Waals surface area contributed by atoms with E-state index in [2.05, 4.69) is 10.3 Å². The number of aromatic amines is 1. The number of benzene rings is 2. The number of aryl methyl sites for hydroxylation is 1. The second-order valence-electron chi connectivity index (χ2n) is 5.28. The Morgan fingerprint density at radius 2 is 1.88 bits per heavy atom. The number of anilines is 1. The highest BCUT2D eigenvalue weighted by Gasteiger charge is 2.12. The predicted octanol–water partition coefficient (Wildman–Crippen LogP) is 5.05. The van der Waals surface area contributed by atoms with Crippen LogP contribution in [0.2, 0.25) is 0 Å². The molecule has 6 heteroatoms. The van der Waals surface area contributed by atoms with Crippen molar-refractivity contribution in [1.29, 1.82) is 0 Å². The lowest BCUT2D eigenvalue weighted by atomic mass is 10.1. The Kier molecular flexibility index (Phi) is 5.15. The first kappa shape index (κ1) is 16.5. The van der Waals surface area contributed by atoms with Crippen LogP contribution in [0.25, 0.3) is 10.9 Å². The summed E-state index contributed by atoms with van der Waals surface area (Å²) >= 11 is 0.432. The summed E-state index contributed by atoms with van der Waals surface area (Å²) < 4.78 is 25.1. The number of hydrogen-bond acceptors (Lipinski definition) is 2. The first-order valence-corrected chi connectivity index (χ1v) is 8.40. The van der Waals surface area contributed by atoms with Crippen molar-refractivity contribution < 1.29 is 13.6 Å². The molecule has 0 bridgehead atoms. The first-order chi connectivity index (χ1) is 11.6. The maximum absolute atomic E-state index is 12.6. The van der Waals surface area contributed by atoms with E-state index in [1.54, 1.807) is 24.3 Å². The second-order valence-corrected chi connectivity index (χ2v) is 6.31. The summed E-state index contributed by atoms with van der Waals surface area (Å²) in [6.07, 6.45) is 2.77. The molecule has 1 heterocycles. The highest BCUT2D eigenvalue weighted by molar-refractivity contribution is 7.99. The Balaban J connectivity index is 1.64. The summed E-state index contributed by atoms with van der Waals surface area (Å²) in [5.41, 5.74) is 2.52. The van der Waals surface area contributed by atoms with Crippen molar-refractivity contribution in [3.8, 4) is 0 Å². The van der Waals surface area contributed by atoms with Gasteiger partial charge in [-0.2, -0.15) is 8.78 Å². The minimum Gasteiger partial charge on any atom is -0.361 e. The molecule has 0 saturated carbocycles. The number of carbonyl (C=O) groups excluding carboxylic acids is 1. The summed E-state index contributed by atoms with van der Waals surface area (Å²) in [5, 5.41) is 3.82. The van der Waals surface area contributed by atoms with E-state index in [1.165, 1.54) is 0 Å². The maximum Gasteiger partial charge on any atom is 0.288 e. The highest BCUT2D eigenvalue weighted by atomic mass is 32.2. The molecule has 0 unspecified atom stereocenters. The predicted molar refractivity (Wildman–Crippen MR) is 93.6 cm³/mol. The molecule has 24 heavy (non-hydrogen) atoms. The van der Waals surface area contributed by atoms with Crippen molar-refractivity contribution in [2.75, 3.05) is 5.32 Å². The Hall–Kier alpha value is -2.34. The molecule has 0 atom stereocenters. The molecule has 2 N–H and O–H groups in total.